The standard InChI is InChI=1S/C27H41N3O2/c1-26(2)14-23-15-27(3,18-26)19-30(23)16-20-4-6-22(7-5-20)29-11-8-21(17-29)25(32)28-12-9-24(31)10-13-28/h4-7,21,23-24,31H,8-19H2,1-3H3. The van der Waals surface area contributed by atoms with E-state index in [0.29, 0.717) is 23.9 Å². The van der Waals surface area contributed by atoms with Crippen LogP contribution in [0.25, 0.3) is 0 Å². The summed E-state index contributed by atoms with van der Waals surface area (Å²) >= 11 is 0. The van der Waals surface area contributed by atoms with Gasteiger partial charge in [0, 0.05) is 51.0 Å². The molecule has 1 aromatic carbocycles. The minimum absolute atomic E-state index is 0.0953. The number of piperidine rings is 1. The van der Waals surface area contributed by atoms with Crippen molar-refractivity contribution in [3.8, 4) is 0 Å². The predicted octanol–water partition coefficient (Wildman–Crippen LogP) is 3.90. The molecule has 0 aromatic heterocycles. The first-order chi connectivity index (χ1) is 15.2. The highest BCUT2D eigenvalue weighted by molar-refractivity contribution is 5.80. The third kappa shape index (κ3) is 4.56. The molecule has 4 fully saturated rings. The number of carbonyl (C=O) groups is 1. The van der Waals surface area contributed by atoms with Gasteiger partial charge in [-0.15, -0.1) is 0 Å². The molecule has 0 radical (unpaired) electrons. The van der Waals surface area contributed by atoms with Crippen LogP contribution in [-0.2, 0) is 11.3 Å². The molecule has 32 heavy (non-hydrogen) atoms. The van der Waals surface area contributed by atoms with Gasteiger partial charge in [-0.05, 0) is 67.1 Å². The summed E-state index contributed by atoms with van der Waals surface area (Å²) in [5, 5.41) is 9.71. The molecule has 3 saturated heterocycles. The fourth-order valence-corrected chi connectivity index (χ4v) is 7.35. The molecule has 5 heteroatoms. The van der Waals surface area contributed by atoms with Crippen LogP contribution in [0.1, 0.15) is 64.9 Å². The van der Waals surface area contributed by atoms with Crippen molar-refractivity contribution in [1.82, 2.24) is 9.80 Å². The lowest BCUT2D eigenvalue weighted by molar-refractivity contribution is -0.136. The van der Waals surface area contributed by atoms with Crippen molar-refractivity contribution >= 4 is 11.6 Å². The van der Waals surface area contributed by atoms with E-state index in [1.54, 1.807) is 0 Å². The second kappa shape index (κ2) is 8.32. The summed E-state index contributed by atoms with van der Waals surface area (Å²) in [6.45, 7) is 12.8. The Kier molecular flexibility index (Phi) is 5.78. The van der Waals surface area contributed by atoms with Gasteiger partial charge in [0.05, 0.1) is 12.0 Å². The molecule has 5 rings (SSSR count). The van der Waals surface area contributed by atoms with Gasteiger partial charge in [-0.25, -0.2) is 0 Å². The van der Waals surface area contributed by atoms with Gasteiger partial charge in [0.15, 0.2) is 0 Å². The number of amides is 1. The lowest BCUT2D eigenvalue weighted by Crippen LogP contribution is -2.43. The zero-order valence-corrected chi connectivity index (χ0v) is 20.2. The van der Waals surface area contributed by atoms with E-state index < -0.39 is 0 Å². The molecule has 2 bridgehead atoms. The smallest absolute Gasteiger partial charge is 0.227 e. The normalized spacial score (nSPS) is 33.1. The van der Waals surface area contributed by atoms with E-state index in [0.717, 1.165) is 44.9 Å². The monoisotopic (exact) mass is 439 g/mol. The predicted molar refractivity (Wildman–Crippen MR) is 129 cm³/mol. The zero-order chi connectivity index (χ0) is 22.5. The van der Waals surface area contributed by atoms with Crippen molar-refractivity contribution in [1.29, 1.82) is 0 Å². The molecule has 1 aliphatic carbocycles. The van der Waals surface area contributed by atoms with Crippen LogP contribution in [0, 0.1) is 16.7 Å². The summed E-state index contributed by atoms with van der Waals surface area (Å²) in [5.74, 6) is 0.380. The summed E-state index contributed by atoms with van der Waals surface area (Å²) in [7, 11) is 0. The maximum absolute atomic E-state index is 12.9. The van der Waals surface area contributed by atoms with Crippen LogP contribution in [0.4, 0.5) is 5.69 Å². The Labute approximate surface area is 193 Å². The zero-order valence-electron chi connectivity index (χ0n) is 20.2. The van der Waals surface area contributed by atoms with E-state index in [1.165, 1.54) is 37.1 Å². The maximum Gasteiger partial charge on any atom is 0.227 e. The Morgan fingerprint density at radius 1 is 1.03 bits per heavy atom. The molecule has 3 unspecified atom stereocenters. The number of benzene rings is 1. The molecule has 5 nitrogen and oxygen atoms in total. The van der Waals surface area contributed by atoms with Crippen LogP contribution in [0.3, 0.4) is 0 Å². The van der Waals surface area contributed by atoms with Crippen LogP contribution in [0.2, 0.25) is 0 Å². The number of carbonyl (C=O) groups excluding carboxylic acids is 1. The molecule has 1 N–H and O–H groups in total. The average molecular weight is 440 g/mol. The molecule has 3 atom stereocenters. The van der Waals surface area contributed by atoms with Crippen molar-refractivity contribution in [2.45, 2.75) is 78.0 Å². The molecule has 1 aromatic rings. The number of aliphatic hydroxyl groups excluding tert-OH is 1. The number of aliphatic hydroxyl groups is 1. The van der Waals surface area contributed by atoms with Crippen molar-refractivity contribution in [3.63, 3.8) is 0 Å². The lowest BCUT2D eigenvalue weighted by Gasteiger charge is -2.40. The highest BCUT2D eigenvalue weighted by Gasteiger charge is 2.49. The second-order valence-electron chi connectivity index (χ2n) is 12.3. The number of likely N-dealkylation sites (tertiary alicyclic amines) is 2. The fraction of sp³-hybridized carbons (Fsp3) is 0.741. The van der Waals surface area contributed by atoms with Crippen molar-refractivity contribution in [3.05, 3.63) is 29.8 Å². The molecule has 3 aliphatic heterocycles. The largest absolute Gasteiger partial charge is 0.393 e. The van der Waals surface area contributed by atoms with E-state index in [4.69, 9.17) is 0 Å². The molecule has 1 amide bonds. The summed E-state index contributed by atoms with van der Waals surface area (Å²) in [4.78, 5) is 20.0. The topological polar surface area (TPSA) is 47.0 Å². The third-order valence-electron chi connectivity index (χ3n) is 8.52. The summed E-state index contributed by atoms with van der Waals surface area (Å²) in [5.41, 5.74) is 3.59. The first kappa shape index (κ1) is 22.2. The van der Waals surface area contributed by atoms with Gasteiger partial charge >= 0.3 is 0 Å². The number of nitrogens with zero attached hydrogens (tertiary/aromatic N) is 3. The number of anilines is 1. The SMILES string of the molecule is CC1(C)CC2CC(C)(CN2Cc2ccc(N3CCC(C(=O)N4CCC(O)CC4)C3)cc2)C1. The Morgan fingerprint density at radius 2 is 1.75 bits per heavy atom. The first-order valence-corrected chi connectivity index (χ1v) is 12.7. The Morgan fingerprint density at radius 3 is 2.47 bits per heavy atom. The number of rotatable bonds is 4. The van der Waals surface area contributed by atoms with E-state index in [9.17, 15) is 9.90 Å². The average Bonchev–Trinajstić information content (AvgIpc) is 3.31. The molecule has 1 saturated carbocycles. The highest BCUT2D eigenvalue weighted by Crippen LogP contribution is 2.52. The van der Waals surface area contributed by atoms with E-state index in [1.807, 2.05) is 4.90 Å². The van der Waals surface area contributed by atoms with E-state index in [2.05, 4.69) is 54.8 Å². The number of hydrogen-bond acceptors (Lipinski definition) is 4. The fourth-order valence-electron chi connectivity index (χ4n) is 7.35. The summed E-state index contributed by atoms with van der Waals surface area (Å²) in [6, 6.07) is 9.84. The molecular formula is C27H41N3O2. The van der Waals surface area contributed by atoms with Crippen molar-refractivity contribution in [2.24, 2.45) is 16.7 Å². The van der Waals surface area contributed by atoms with E-state index >= 15 is 0 Å². The van der Waals surface area contributed by atoms with Gasteiger partial charge in [0.1, 0.15) is 0 Å². The lowest BCUT2D eigenvalue weighted by atomic mass is 9.65. The minimum atomic E-state index is -0.230. The molecule has 0 spiro atoms. The van der Waals surface area contributed by atoms with Crippen LogP contribution in [-0.4, -0.2) is 65.7 Å². The van der Waals surface area contributed by atoms with Gasteiger partial charge in [-0.3, -0.25) is 9.69 Å². The Hall–Kier alpha value is -1.59. The van der Waals surface area contributed by atoms with E-state index in [-0.39, 0.29) is 17.9 Å². The third-order valence-corrected chi connectivity index (χ3v) is 8.52. The van der Waals surface area contributed by atoms with Crippen LogP contribution >= 0.6 is 0 Å². The van der Waals surface area contributed by atoms with Gasteiger partial charge in [-0.2, -0.15) is 0 Å². The van der Waals surface area contributed by atoms with Crippen LogP contribution < -0.4 is 4.90 Å². The van der Waals surface area contributed by atoms with Crippen molar-refractivity contribution in [2.75, 3.05) is 37.6 Å². The van der Waals surface area contributed by atoms with Gasteiger partial charge in [0.25, 0.3) is 0 Å². The maximum atomic E-state index is 12.9. The number of hydrogen-bond donors (Lipinski definition) is 1. The minimum Gasteiger partial charge on any atom is -0.393 e. The van der Waals surface area contributed by atoms with Crippen LogP contribution in [0.15, 0.2) is 24.3 Å². The first-order valence-electron chi connectivity index (χ1n) is 12.7. The van der Waals surface area contributed by atoms with Gasteiger partial charge < -0.3 is 14.9 Å². The summed E-state index contributed by atoms with van der Waals surface area (Å²) in [6.07, 6.45) is 6.17. The van der Waals surface area contributed by atoms with Crippen LogP contribution in [0.5, 0.6) is 0 Å². The number of fused-ring (bicyclic) bond motifs is 2. The molecular weight excluding hydrogens is 398 g/mol. The summed E-state index contributed by atoms with van der Waals surface area (Å²) < 4.78 is 0. The Balaban J connectivity index is 1.17. The second-order valence-corrected chi connectivity index (χ2v) is 12.3. The highest BCUT2D eigenvalue weighted by atomic mass is 16.3. The van der Waals surface area contributed by atoms with Crippen molar-refractivity contribution < 1.29 is 9.90 Å². The molecule has 3 heterocycles. The molecule has 4 aliphatic rings. The quantitative estimate of drug-likeness (QED) is 0.773. The van der Waals surface area contributed by atoms with Gasteiger partial charge in [0.2, 0.25) is 5.91 Å². The van der Waals surface area contributed by atoms with Gasteiger partial charge in [-0.1, -0.05) is 32.9 Å². The Bertz CT molecular complexity index is 830. The molecule has 176 valence electrons.